The molecular formula is C21H22N6O4S. The van der Waals surface area contributed by atoms with E-state index < -0.39 is 0 Å². The number of primary amides is 1. The molecule has 0 radical (unpaired) electrons. The van der Waals surface area contributed by atoms with Crippen molar-refractivity contribution in [2.24, 2.45) is 10.8 Å². The molecular weight excluding hydrogens is 432 g/mol. The number of hydrogen-bond acceptors (Lipinski definition) is 8. The van der Waals surface area contributed by atoms with Gasteiger partial charge in [-0.05, 0) is 37.1 Å². The van der Waals surface area contributed by atoms with Crippen LogP contribution in [0.5, 0.6) is 0 Å². The summed E-state index contributed by atoms with van der Waals surface area (Å²) >= 11 is 1.32. The van der Waals surface area contributed by atoms with E-state index in [2.05, 4.69) is 15.3 Å². The summed E-state index contributed by atoms with van der Waals surface area (Å²) in [5.74, 6) is 1.65. The zero-order valence-corrected chi connectivity index (χ0v) is 18.0. The lowest BCUT2D eigenvalue weighted by Crippen LogP contribution is -2.28. The van der Waals surface area contributed by atoms with Crippen LogP contribution in [0.25, 0.3) is 0 Å². The minimum absolute atomic E-state index is 0.146. The second-order valence-corrected chi connectivity index (χ2v) is 8.70. The van der Waals surface area contributed by atoms with E-state index >= 15 is 0 Å². The van der Waals surface area contributed by atoms with Gasteiger partial charge in [0.15, 0.2) is 5.16 Å². The van der Waals surface area contributed by atoms with E-state index in [1.54, 1.807) is 24.7 Å². The number of amides is 2. The molecule has 3 aromatic heterocycles. The van der Waals surface area contributed by atoms with Crippen molar-refractivity contribution in [3.8, 4) is 0 Å². The third-order valence-corrected chi connectivity index (χ3v) is 6.34. The Labute approximate surface area is 187 Å². The zero-order chi connectivity index (χ0) is 22.1. The first-order valence-electron chi connectivity index (χ1n) is 10.4. The van der Waals surface area contributed by atoms with Gasteiger partial charge in [0, 0.05) is 25.3 Å². The van der Waals surface area contributed by atoms with Crippen molar-refractivity contribution in [2.75, 3.05) is 5.75 Å². The van der Waals surface area contributed by atoms with E-state index in [1.165, 1.54) is 16.8 Å². The molecule has 10 nitrogen and oxygen atoms in total. The van der Waals surface area contributed by atoms with E-state index in [0.29, 0.717) is 41.3 Å². The van der Waals surface area contributed by atoms with E-state index in [9.17, 15) is 9.59 Å². The van der Waals surface area contributed by atoms with Crippen LogP contribution in [0.3, 0.4) is 0 Å². The molecule has 0 unspecified atom stereocenters. The topological polar surface area (TPSA) is 133 Å². The van der Waals surface area contributed by atoms with Crippen molar-refractivity contribution in [1.29, 1.82) is 0 Å². The van der Waals surface area contributed by atoms with Crippen LogP contribution < -0.4 is 5.73 Å². The average molecular weight is 455 g/mol. The molecule has 0 bridgehead atoms. The summed E-state index contributed by atoms with van der Waals surface area (Å²) in [5.41, 5.74) is 5.98. The van der Waals surface area contributed by atoms with Crippen LogP contribution in [0, 0.1) is 0 Å². The first-order chi connectivity index (χ1) is 15.6. The Morgan fingerprint density at radius 3 is 2.66 bits per heavy atom. The molecule has 3 aromatic rings. The molecule has 166 valence electrons. The fourth-order valence-corrected chi connectivity index (χ4v) is 4.61. The first kappa shape index (κ1) is 20.6. The van der Waals surface area contributed by atoms with Gasteiger partial charge in [0.05, 0.1) is 18.3 Å². The van der Waals surface area contributed by atoms with Gasteiger partial charge in [0.1, 0.15) is 29.1 Å². The maximum Gasteiger partial charge on any atom is 0.253 e. The van der Waals surface area contributed by atoms with Crippen LogP contribution in [0.15, 0.2) is 55.9 Å². The normalized spacial score (nSPS) is 18.2. The molecule has 1 fully saturated rings. The van der Waals surface area contributed by atoms with Crippen molar-refractivity contribution in [1.82, 2.24) is 19.8 Å². The molecule has 2 aliphatic rings. The van der Waals surface area contributed by atoms with Crippen molar-refractivity contribution < 1.29 is 18.4 Å². The van der Waals surface area contributed by atoms with E-state index in [-0.39, 0.29) is 30.0 Å². The van der Waals surface area contributed by atoms with Gasteiger partial charge in [-0.2, -0.15) is 5.10 Å². The third-order valence-electron chi connectivity index (χ3n) is 5.41. The minimum Gasteiger partial charge on any atom is -0.467 e. The summed E-state index contributed by atoms with van der Waals surface area (Å²) in [6.07, 6.45) is 6.41. The van der Waals surface area contributed by atoms with Crippen molar-refractivity contribution in [2.45, 2.75) is 49.3 Å². The van der Waals surface area contributed by atoms with Gasteiger partial charge in [-0.15, -0.1) is 10.2 Å². The van der Waals surface area contributed by atoms with Gasteiger partial charge in [-0.1, -0.05) is 11.8 Å². The molecule has 0 spiro atoms. The molecule has 5 rings (SSSR count). The molecule has 11 heteroatoms. The van der Waals surface area contributed by atoms with Gasteiger partial charge < -0.3 is 19.1 Å². The fourth-order valence-electron chi connectivity index (χ4n) is 3.74. The van der Waals surface area contributed by atoms with Crippen LogP contribution >= 0.6 is 11.8 Å². The third kappa shape index (κ3) is 4.20. The maximum absolute atomic E-state index is 13.2. The number of thioether (sulfide) groups is 1. The van der Waals surface area contributed by atoms with Crippen molar-refractivity contribution in [3.05, 3.63) is 54.1 Å². The summed E-state index contributed by atoms with van der Waals surface area (Å²) in [6.45, 7) is 0. The van der Waals surface area contributed by atoms with Crippen molar-refractivity contribution >= 4 is 29.3 Å². The second kappa shape index (κ2) is 8.65. The Kier molecular flexibility index (Phi) is 5.56. The number of rotatable bonds is 9. The molecule has 1 atom stereocenters. The molecule has 4 heterocycles. The predicted molar refractivity (Wildman–Crippen MR) is 115 cm³/mol. The van der Waals surface area contributed by atoms with Crippen LogP contribution in [-0.4, -0.2) is 43.1 Å². The van der Waals surface area contributed by atoms with E-state index in [0.717, 1.165) is 18.7 Å². The minimum atomic E-state index is -0.372. The maximum atomic E-state index is 13.2. The number of aryl methyl sites for hydroxylation is 1. The largest absolute Gasteiger partial charge is 0.467 e. The Morgan fingerprint density at radius 1 is 1.16 bits per heavy atom. The number of hydrogen-bond donors (Lipinski definition) is 1. The molecule has 2 N–H and O–H groups in total. The van der Waals surface area contributed by atoms with E-state index in [4.69, 9.17) is 14.6 Å². The molecule has 1 aliphatic heterocycles. The van der Waals surface area contributed by atoms with Crippen LogP contribution in [0.4, 0.5) is 0 Å². The van der Waals surface area contributed by atoms with Gasteiger partial charge in [0.2, 0.25) is 5.91 Å². The lowest BCUT2D eigenvalue weighted by molar-refractivity contribution is -0.130. The standard InChI is InChI=1S/C21H22N6O4S/c22-18(28)7-8-19-23-24-21(26(19)13-5-6-13)32-12-20(29)27-15(17-4-2-10-31-17)11-14(25-27)16-3-1-9-30-16/h1-4,9-10,13,15H,5-8,11-12H2,(H2,22,28)/t15-/m1/s1. The second-order valence-electron chi connectivity index (χ2n) is 7.75. The molecule has 1 saturated carbocycles. The quantitative estimate of drug-likeness (QED) is 0.491. The number of carbonyl (C=O) groups excluding carboxylic acids is 2. The molecule has 0 saturated heterocycles. The number of hydrazone groups is 1. The van der Waals surface area contributed by atoms with Gasteiger partial charge in [-0.25, -0.2) is 5.01 Å². The summed E-state index contributed by atoms with van der Waals surface area (Å²) in [7, 11) is 0. The zero-order valence-electron chi connectivity index (χ0n) is 17.2. The van der Waals surface area contributed by atoms with Gasteiger partial charge in [0.25, 0.3) is 5.91 Å². The van der Waals surface area contributed by atoms with Gasteiger partial charge in [-0.3, -0.25) is 9.59 Å². The molecule has 2 amide bonds. The fraction of sp³-hybridized carbons (Fsp3) is 0.381. The first-order valence-corrected chi connectivity index (χ1v) is 11.4. The Morgan fingerprint density at radius 2 is 1.97 bits per heavy atom. The van der Waals surface area contributed by atoms with Crippen molar-refractivity contribution in [3.63, 3.8) is 0 Å². The van der Waals surface area contributed by atoms with Crippen LogP contribution in [0.1, 0.15) is 55.1 Å². The molecule has 1 aliphatic carbocycles. The lowest BCUT2D eigenvalue weighted by Gasteiger charge is -2.19. The number of nitrogens with zero attached hydrogens (tertiary/aromatic N) is 5. The highest BCUT2D eigenvalue weighted by Gasteiger charge is 2.36. The lowest BCUT2D eigenvalue weighted by atomic mass is 10.1. The smallest absolute Gasteiger partial charge is 0.253 e. The number of nitrogens with two attached hydrogens (primary N) is 1. The van der Waals surface area contributed by atoms with Crippen LogP contribution in [0.2, 0.25) is 0 Å². The summed E-state index contributed by atoms with van der Waals surface area (Å²) in [5, 5.41) is 15.2. The highest BCUT2D eigenvalue weighted by molar-refractivity contribution is 7.99. The Balaban J connectivity index is 1.32. The summed E-state index contributed by atoms with van der Waals surface area (Å²) in [4.78, 5) is 24.3. The highest BCUT2D eigenvalue weighted by atomic mass is 32.2. The SMILES string of the molecule is NC(=O)CCc1nnc(SCC(=O)N2N=C(c3ccco3)C[C@@H]2c2ccco2)n1C1CC1. The summed E-state index contributed by atoms with van der Waals surface area (Å²) < 4.78 is 13.1. The van der Waals surface area contributed by atoms with E-state index in [1.807, 2.05) is 16.7 Å². The number of furan rings is 2. The van der Waals surface area contributed by atoms with Gasteiger partial charge >= 0.3 is 0 Å². The highest BCUT2D eigenvalue weighted by Crippen LogP contribution is 2.39. The monoisotopic (exact) mass is 454 g/mol. The average Bonchev–Trinajstić information content (AvgIpc) is 3.29. The summed E-state index contributed by atoms with van der Waals surface area (Å²) in [6, 6.07) is 7.24. The Hall–Kier alpha value is -3.34. The van der Waals surface area contributed by atoms with Crippen LogP contribution in [-0.2, 0) is 16.0 Å². The predicted octanol–water partition coefficient (Wildman–Crippen LogP) is 2.69. The molecule has 32 heavy (non-hydrogen) atoms. The number of carbonyl (C=O) groups is 2. The molecule has 0 aromatic carbocycles. The number of aromatic nitrogens is 3. The Bertz CT molecular complexity index is 1130.